The van der Waals surface area contributed by atoms with Crippen LogP contribution in [0, 0.1) is 5.92 Å². The third-order valence-electron chi connectivity index (χ3n) is 3.22. The molecule has 1 unspecified atom stereocenters. The smallest absolute Gasteiger partial charge is 0.303 e. The average Bonchev–Trinajstić information content (AvgIpc) is 2.63. The third-order valence-corrected chi connectivity index (χ3v) is 3.22. The highest BCUT2D eigenvalue weighted by Gasteiger charge is 2.22. The normalized spacial score (nSPS) is 21.6. The highest BCUT2D eigenvalue weighted by atomic mass is 16.4. The van der Waals surface area contributed by atoms with Crippen molar-refractivity contribution < 1.29 is 9.90 Å². The molecule has 0 aliphatic carbocycles. The van der Waals surface area contributed by atoms with E-state index in [9.17, 15) is 4.79 Å². The molecule has 0 spiro atoms. The van der Waals surface area contributed by atoms with Crippen LogP contribution in [0.4, 0.5) is 0 Å². The zero-order valence-electron chi connectivity index (χ0n) is 10.2. The zero-order chi connectivity index (χ0) is 12.3. The van der Waals surface area contributed by atoms with Gasteiger partial charge in [-0.05, 0) is 31.4 Å². The molecule has 1 fully saturated rings. The molecule has 0 amide bonds. The molecule has 0 aromatic carbocycles. The summed E-state index contributed by atoms with van der Waals surface area (Å²) in [6.45, 7) is 2.76. The molecule has 1 N–H and O–H groups in total. The Hall–Kier alpha value is -1.36. The van der Waals surface area contributed by atoms with Crippen LogP contribution in [0.3, 0.4) is 0 Å². The van der Waals surface area contributed by atoms with E-state index in [2.05, 4.69) is 10.00 Å². The van der Waals surface area contributed by atoms with Gasteiger partial charge in [-0.1, -0.05) is 0 Å². The largest absolute Gasteiger partial charge is 0.481 e. The number of aryl methyl sites for hydroxylation is 1. The number of carboxylic acid groups (broad SMARTS) is 1. The first-order chi connectivity index (χ1) is 8.13. The van der Waals surface area contributed by atoms with Crippen LogP contribution in [0.2, 0.25) is 0 Å². The van der Waals surface area contributed by atoms with Crippen LogP contribution < -0.4 is 0 Å². The van der Waals surface area contributed by atoms with Crippen molar-refractivity contribution in [2.24, 2.45) is 13.0 Å². The maximum Gasteiger partial charge on any atom is 0.303 e. The molecular weight excluding hydrogens is 218 g/mol. The SMILES string of the molecule is Cn1ccc(CN2CCCC(CC(=O)O)C2)n1. The molecule has 1 saturated heterocycles. The minimum absolute atomic E-state index is 0.290. The molecule has 2 rings (SSSR count). The van der Waals surface area contributed by atoms with Gasteiger partial charge < -0.3 is 5.11 Å². The number of nitrogens with zero attached hydrogens (tertiary/aromatic N) is 3. The van der Waals surface area contributed by atoms with Gasteiger partial charge in [-0.3, -0.25) is 14.4 Å². The fourth-order valence-corrected chi connectivity index (χ4v) is 2.49. The van der Waals surface area contributed by atoms with Crippen molar-refractivity contribution in [1.29, 1.82) is 0 Å². The molecule has 1 aromatic heterocycles. The lowest BCUT2D eigenvalue weighted by Gasteiger charge is -2.31. The van der Waals surface area contributed by atoms with Crippen LogP contribution in [0.15, 0.2) is 12.3 Å². The van der Waals surface area contributed by atoms with Crippen molar-refractivity contribution >= 4 is 5.97 Å². The summed E-state index contributed by atoms with van der Waals surface area (Å²) in [6.07, 6.45) is 4.35. The van der Waals surface area contributed by atoms with E-state index in [1.807, 2.05) is 19.3 Å². The van der Waals surface area contributed by atoms with E-state index < -0.39 is 5.97 Å². The Morgan fingerprint density at radius 3 is 3.12 bits per heavy atom. The number of aromatic nitrogens is 2. The van der Waals surface area contributed by atoms with Gasteiger partial charge in [0.15, 0.2) is 0 Å². The molecule has 1 aliphatic heterocycles. The van der Waals surface area contributed by atoms with Crippen molar-refractivity contribution in [3.63, 3.8) is 0 Å². The Labute approximate surface area is 101 Å². The lowest BCUT2D eigenvalue weighted by Crippen LogP contribution is -2.35. The number of rotatable bonds is 4. The number of carboxylic acids is 1. The van der Waals surface area contributed by atoms with Gasteiger partial charge in [-0.25, -0.2) is 0 Å². The van der Waals surface area contributed by atoms with Gasteiger partial charge in [0.1, 0.15) is 0 Å². The van der Waals surface area contributed by atoms with Crippen molar-refractivity contribution in [2.75, 3.05) is 13.1 Å². The van der Waals surface area contributed by atoms with Crippen molar-refractivity contribution in [3.8, 4) is 0 Å². The molecular formula is C12H19N3O2. The van der Waals surface area contributed by atoms with Gasteiger partial charge in [0.05, 0.1) is 5.69 Å². The molecule has 94 valence electrons. The van der Waals surface area contributed by atoms with Gasteiger partial charge in [-0.2, -0.15) is 5.10 Å². The fraction of sp³-hybridized carbons (Fsp3) is 0.667. The van der Waals surface area contributed by atoms with Crippen molar-refractivity contribution in [1.82, 2.24) is 14.7 Å². The predicted octanol–water partition coefficient (Wildman–Crippen LogP) is 1.11. The van der Waals surface area contributed by atoms with Crippen molar-refractivity contribution in [2.45, 2.75) is 25.8 Å². The Morgan fingerprint density at radius 1 is 1.65 bits per heavy atom. The van der Waals surface area contributed by atoms with E-state index in [1.165, 1.54) is 0 Å². The van der Waals surface area contributed by atoms with Gasteiger partial charge in [0, 0.05) is 32.8 Å². The molecule has 2 heterocycles. The van der Waals surface area contributed by atoms with Crippen LogP contribution in [-0.4, -0.2) is 38.8 Å². The number of hydrogen-bond donors (Lipinski definition) is 1. The predicted molar refractivity (Wildman–Crippen MR) is 63.5 cm³/mol. The summed E-state index contributed by atoms with van der Waals surface area (Å²) in [5.74, 6) is -0.389. The van der Waals surface area contributed by atoms with E-state index >= 15 is 0 Å². The van der Waals surface area contributed by atoms with Crippen LogP contribution in [0.1, 0.15) is 25.0 Å². The highest BCUT2D eigenvalue weighted by Crippen LogP contribution is 2.20. The van der Waals surface area contributed by atoms with Gasteiger partial charge in [-0.15, -0.1) is 0 Å². The standard InChI is InChI=1S/C12H19N3O2/c1-14-6-4-11(13-14)9-15-5-2-3-10(8-15)7-12(16)17/h4,6,10H,2-3,5,7-9H2,1H3,(H,16,17). The molecule has 0 bridgehead atoms. The summed E-state index contributed by atoms with van der Waals surface area (Å²) >= 11 is 0. The lowest BCUT2D eigenvalue weighted by molar-refractivity contribution is -0.138. The van der Waals surface area contributed by atoms with E-state index in [4.69, 9.17) is 5.11 Å². The van der Waals surface area contributed by atoms with Crippen LogP contribution in [0.5, 0.6) is 0 Å². The first-order valence-corrected chi connectivity index (χ1v) is 6.06. The Bertz CT molecular complexity index is 389. The van der Waals surface area contributed by atoms with Crippen LogP contribution in [-0.2, 0) is 18.4 Å². The van der Waals surface area contributed by atoms with Gasteiger partial charge in [0.2, 0.25) is 0 Å². The summed E-state index contributed by atoms with van der Waals surface area (Å²) in [5.41, 5.74) is 1.06. The second-order valence-corrected chi connectivity index (χ2v) is 4.82. The van der Waals surface area contributed by atoms with E-state index in [0.29, 0.717) is 12.3 Å². The Balaban J connectivity index is 1.87. The third kappa shape index (κ3) is 3.56. The molecule has 1 aliphatic rings. The summed E-state index contributed by atoms with van der Waals surface area (Å²) in [7, 11) is 1.91. The number of aliphatic carboxylic acids is 1. The monoisotopic (exact) mass is 237 g/mol. The Morgan fingerprint density at radius 2 is 2.47 bits per heavy atom. The molecule has 17 heavy (non-hydrogen) atoms. The van der Waals surface area contributed by atoms with Gasteiger partial charge >= 0.3 is 5.97 Å². The van der Waals surface area contributed by atoms with E-state index in [-0.39, 0.29) is 0 Å². The maximum absolute atomic E-state index is 10.7. The van der Waals surface area contributed by atoms with E-state index in [1.54, 1.807) is 4.68 Å². The lowest BCUT2D eigenvalue weighted by atomic mass is 9.95. The number of carbonyl (C=O) groups is 1. The summed E-state index contributed by atoms with van der Waals surface area (Å²) in [4.78, 5) is 13.0. The molecule has 0 saturated carbocycles. The second kappa shape index (κ2) is 5.31. The molecule has 1 atom stereocenters. The zero-order valence-corrected chi connectivity index (χ0v) is 10.2. The number of hydrogen-bond acceptors (Lipinski definition) is 3. The topological polar surface area (TPSA) is 58.4 Å². The second-order valence-electron chi connectivity index (χ2n) is 4.82. The fourth-order valence-electron chi connectivity index (χ4n) is 2.49. The van der Waals surface area contributed by atoms with Crippen LogP contribution in [0.25, 0.3) is 0 Å². The Kier molecular flexibility index (Phi) is 3.78. The highest BCUT2D eigenvalue weighted by molar-refractivity contribution is 5.67. The summed E-state index contributed by atoms with van der Waals surface area (Å²) in [6, 6.07) is 2.01. The number of likely N-dealkylation sites (tertiary alicyclic amines) is 1. The molecule has 5 heteroatoms. The van der Waals surface area contributed by atoms with Crippen molar-refractivity contribution in [3.05, 3.63) is 18.0 Å². The minimum atomic E-state index is -0.685. The van der Waals surface area contributed by atoms with E-state index in [0.717, 1.165) is 38.2 Å². The molecule has 0 radical (unpaired) electrons. The average molecular weight is 237 g/mol. The maximum atomic E-state index is 10.7. The van der Waals surface area contributed by atoms with Gasteiger partial charge in [0.25, 0.3) is 0 Å². The van der Waals surface area contributed by atoms with Crippen LogP contribution >= 0.6 is 0 Å². The quantitative estimate of drug-likeness (QED) is 0.852. The molecule has 5 nitrogen and oxygen atoms in total. The first-order valence-electron chi connectivity index (χ1n) is 6.06. The summed E-state index contributed by atoms with van der Waals surface area (Å²) < 4.78 is 1.80. The molecule has 1 aromatic rings. The summed E-state index contributed by atoms with van der Waals surface area (Å²) in [5, 5.41) is 13.2. The first kappa shape index (κ1) is 12.1. The minimum Gasteiger partial charge on any atom is -0.481 e. The number of piperidine rings is 1.